The molecule has 1 saturated heterocycles. The number of likely N-dealkylation sites (N-methyl/N-ethyl adjacent to an activating group) is 1. The molecule has 1 atom stereocenters. The zero-order chi connectivity index (χ0) is 21.3. The maximum absolute atomic E-state index is 14.2. The summed E-state index contributed by atoms with van der Waals surface area (Å²) >= 11 is 0. The Kier molecular flexibility index (Phi) is 5.15. The van der Waals surface area contributed by atoms with Crippen molar-refractivity contribution < 1.29 is 23.3 Å². The van der Waals surface area contributed by atoms with Gasteiger partial charge in [-0.2, -0.15) is 0 Å². The van der Waals surface area contributed by atoms with E-state index in [9.17, 15) is 28.5 Å². The van der Waals surface area contributed by atoms with Crippen molar-refractivity contribution in [2.75, 3.05) is 7.05 Å². The molecule has 1 aliphatic rings. The summed E-state index contributed by atoms with van der Waals surface area (Å²) in [5.74, 6) is -4.00. The molecule has 150 valence electrons. The molecule has 1 heterocycles. The van der Waals surface area contributed by atoms with Gasteiger partial charge in [0, 0.05) is 19.5 Å². The normalized spacial score (nSPS) is 20.7. The summed E-state index contributed by atoms with van der Waals surface area (Å²) in [6.45, 7) is 1.55. The van der Waals surface area contributed by atoms with Crippen molar-refractivity contribution in [1.29, 1.82) is 0 Å². The summed E-state index contributed by atoms with van der Waals surface area (Å²) in [7, 11) is 1.30. The molecule has 2 aromatic rings. The second-order valence-electron chi connectivity index (χ2n) is 6.89. The Hall–Kier alpha value is -3.62. The number of carbonyl (C=O) groups is 2. The molecule has 2 aromatic carbocycles. The first kappa shape index (κ1) is 20.1. The summed E-state index contributed by atoms with van der Waals surface area (Å²) in [6.07, 6.45) is 1.02. The van der Waals surface area contributed by atoms with Gasteiger partial charge in [0.05, 0.1) is 10.5 Å². The first-order chi connectivity index (χ1) is 13.6. The second kappa shape index (κ2) is 7.42. The highest BCUT2D eigenvalue weighted by molar-refractivity contribution is 6.09. The van der Waals surface area contributed by atoms with E-state index in [4.69, 9.17) is 0 Å². The lowest BCUT2D eigenvalue weighted by Crippen LogP contribution is -2.64. The molecule has 3 rings (SSSR count). The van der Waals surface area contributed by atoms with E-state index in [0.717, 1.165) is 22.6 Å². The van der Waals surface area contributed by atoms with Crippen molar-refractivity contribution in [2.24, 2.45) is 0 Å². The number of carbonyl (C=O) groups excluding carboxylic acids is 2. The molecule has 1 fully saturated rings. The van der Waals surface area contributed by atoms with E-state index in [1.807, 2.05) is 18.2 Å². The molecule has 0 saturated carbocycles. The Bertz CT molecular complexity index is 1040. The highest BCUT2D eigenvalue weighted by Crippen LogP contribution is 2.29. The van der Waals surface area contributed by atoms with Crippen LogP contribution in [0.2, 0.25) is 0 Å². The van der Waals surface area contributed by atoms with Gasteiger partial charge in [-0.15, -0.1) is 0 Å². The van der Waals surface area contributed by atoms with E-state index in [1.165, 1.54) is 7.05 Å². The number of halogens is 2. The van der Waals surface area contributed by atoms with Crippen LogP contribution in [0, 0.1) is 21.7 Å². The summed E-state index contributed by atoms with van der Waals surface area (Å²) in [4.78, 5) is 36.9. The average Bonchev–Trinajstić information content (AvgIpc) is 2.67. The lowest BCUT2D eigenvalue weighted by molar-refractivity contribution is -0.385. The van der Waals surface area contributed by atoms with Gasteiger partial charge in [-0.3, -0.25) is 19.7 Å². The van der Waals surface area contributed by atoms with Gasteiger partial charge in [0.1, 0.15) is 11.2 Å². The quantitative estimate of drug-likeness (QED) is 0.484. The third-order valence-electron chi connectivity index (χ3n) is 4.75. The van der Waals surface area contributed by atoms with Gasteiger partial charge in [0.2, 0.25) is 0 Å². The minimum atomic E-state index is -1.47. The van der Waals surface area contributed by atoms with E-state index >= 15 is 0 Å². The third kappa shape index (κ3) is 3.71. The van der Waals surface area contributed by atoms with Crippen LogP contribution in [0.15, 0.2) is 48.2 Å². The van der Waals surface area contributed by atoms with Crippen molar-refractivity contribution in [1.82, 2.24) is 10.2 Å². The van der Waals surface area contributed by atoms with Crippen LogP contribution in [0.5, 0.6) is 0 Å². The summed E-state index contributed by atoms with van der Waals surface area (Å²) in [5, 5.41) is 13.8. The molecular formula is C20H17F2N3O4. The number of nitro groups is 1. The maximum Gasteiger partial charge on any atom is 0.279 e. The number of hydrogen-bond acceptors (Lipinski definition) is 4. The van der Waals surface area contributed by atoms with E-state index in [0.29, 0.717) is 6.07 Å². The molecule has 1 N–H and O–H groups in total. The molecule has 0 aliphatic carbocycles. The minimum absolute atomic E-state index is 0.213. The molecule has 2 amide bonds. The van der Waals surface area contributed by atoms with Crippen molar-refractivity contribution in [2.45, 2.75) is 18.9 Å². The topological polar surface area (TPSA) is 92.6 Å². The first-order valence-electron chi connectivity index (χ1n) is 8.63. The van der Waals surface area contributed by atoms with Crippen LogP contribution in [-0.2, 0) is 16.0 Å². The standard InChI is InChI=1S/C20H17F2N3O4/c1-20(11-12-6-4-3-5-7-12)19(27)24(2)16(18(26)23-20)10-13-15(25(28)29)9-8-14(21)17(13)22/h3-10H,11H2,1-2H3,(H,23,26). The van der Waals surface area contributed by atoms with Crippen molar-refractivity contribution >= 4 is 23.6 Å². The van der Waals surface area contributed by atoms with Crippen molar-refractivity contribution in [3.8, 4) is 0 Å². The van der Waals surface area contributed by atoms with Crippen LogP contribution in [-0.4, -0.2) is 34.2 Å². The van der Waals surface area contributed by atoms with Gasteiger partial charge in [0.15, 0.2) is 11.6 Å². The number of nitrogens with zero attached hydrogens (tertiary/aromatic N) is 2. The molecule has 9 heteroatoms. The van der Waals surface area contributed by atoms with Gasteiger partial charge in [0.25, 0.3) is 17.5 Å². The third-order valence-corrected chi connectivity index (χ3v) is 4.75. The molecule has 0 spiro atoms. The number of hydrogen-bond donors (Lipinski definition) is 1. The number of benzene rings is 2. The molecule has 1 unspecified atom stereocenters. The fourth-order valence-electron chi connectivity index (χ4n) is 3.28. The van der Waals surface area contributed by atoms with Crippen LogP contribution in [0.25, 0.3) is 6.08 Å². The first-order valence-corrected chi connectivity index (χ1v) is 8.63. The largest absolute Gasteiger partial charge is 0.336 e. The molecule has 1 aliphatic heterocycles. The minimum Gasteiger partial charge on any atom is -0.336 e. The van der Waals surface area contributed by atoms with E-state index in [2.05, 4.69) is 5.32 Å². The Morgan fingerprint density at radius 3 is 2.45 bits per heavy atom. The van der Waals surface area contributed by atoms with Gasteiger partial charge in [-0.1, -0.05) is 30.3 Å². The Balaban J connectivity index is 2.01. The number of nitro benzene ring substituents is 1. The lowest BCUT2D eigenvalue weighted by Gasteiger charge is -2.39. The van der Waals surface area contributed by atoms with E-state index in [-0.39, 0.29) is 12.1 Å². The number of nitrogens with one attached hydrogen (secondary N) is 1. The van der Waals surface area contributed by atoms with Gasteiger partial charge >= 0.3 is 0 Å². The van der Waals surface area contributed by atoms with Crippen LogP contribution < -0.4 is 5.32 Å². The van der Waals surface area contributed by atoms with Gasteiger partial charge in [-0.05, 0) is 24.6 Å². The van der Waals surface area contributed by atoms with Crippen LogP contribution in [0.3, 0.4) is 0 Å². The number of piperazine rings is 1. The monoisotopic (exact) mass is 401 g/mol. The fourth-order valence-corrected chi connectivity index (χ4v) is 3.28. The van der Waals surface area contributed by atoms with Gasteiger partial charge in [-0.25, -0.2) is 8.78 Å². The molecule has 0 radical (unpaired) electrons. The predicted molar refractivity (Wildman–Crippen MR) is 100 cm³/mol. The highest BCUT2D eigenvalue weighted by atomic mass is 19.2. The molecule has 29 heavy (non-hydrogen) atoms. The van der Waals surface area contributed by atoms with Crippen molar-refractivity contribution in [3.63, 3.8) is 0 Å². The zero-order valence-corrected chi connectivity index (χ0v) is 15.6. The van der Waals surface area contributed by atoms with Crippen LogP contribution in [0.1, 0.15) is 18.1 Å². The lowest BCUT2D eigenvalue weighted by atomic mass is 9.88. The fraction of sp³-hybridized carbons (Fsp3) is 0.200. The number of amides is 2. The smallest absolute Gasteiger partial charge is 0.279 e. The summed E-state index contributed by atoms with van der Waals surface area (Å²) in [6, 6.07) is 10.5. The Morgan fingerprint density at radius 2 is 1.83 bits per heavy atom. The zero-order valence-electron chi connectivity index (χ0n) is 15.6. The molecule has 0 aromatic heterocycles. The predicted octanol–water partition coefficient (Wildman–Crippen LogP) is 2.80. The second-order valence-corrected chi connectivity index (χ2v) is 6.89. The summed E-state index contributed by atoms with van der Waals surface area (Å²) < 4.78 is 27.8. The van der Waals surface area contributed by atoms with E-state index in [1.54, 1.807) is 19.1 Å². The highest BCUT2D eigenvalue weighted by Gasteiger charge is 2.44. The maximum atomic E-state index is 14.2. The van der Waals surface area contributed by atoms with Crippen molar-refractivity contribution in [3.05, 3.63) is 81.0 Å². The number of rotatable bonds is 4. The van der Waals surface area contributed by atoms with Gasteiger partial charge < -0.3 is 10.2 Å². The average molecular weight is 401 g/mol. The Morgan fingerprint density at radius 1 is 1.17 bits per heavy atom. The van der Waals surface area contributed by atoms with Crippen LogP contribution in [0.4, 0.5) is 14.5 Å². The SMILES string of the molecule is CN1C(=O)C(C)(Cc2ccccc2)NC(=O)C1=Cc1c([N+](=O)[O-])ccc(F)c1F. The summed E-state index contributed by atoms with van der Waals surface area (Å²) in [5.41, 5.74) is -2.21. The molecular weight excluding hydrogens is 384 g/mol. The molecule has 0 bridgehead atoms. The Labute approximate surface area is 164 Å². The molecule has 7 nitrogen and oxygen atoms in total. The van der Waals surface area contributed by atoms with Crippen LogP contribution >= 0.6 is 0 Å². The van der Waals surface area contributed by atoms with E-state index < -0.39 is 45.2 Å².